The van der Waals surface area contributed by atoms with Gasteiger partial charge in [0.2, 0.25) is 0 Å². The van der Waals surface area contributed by atoms with Crippen molar-refractivity contribution >= 4 is 12.3 Å². The van der Waals surface area contributed by atoms with Crippen molar-refractivity contribution in [2.24, 2.45) is 0 Å². The van der Waals surface area contributed by atoms with Crippen molar-refractivity contribution in [2.45, 2.75) is 45.9 Å². The lowest BCUT2D eigenvalue weighted by Gasteiger charge is -2.22. The Labute approximate surface area is 120 Å². The quantitative estimate of drug-likeness (QED) is 0.836. The number of amides is 1. The van der Waals surface area contributed by atoms with Crippen molar-refractivity contribution in [1.82, 2.24) is 20.4 Å². The van der Waals surface area contributed by atoms with Gasteiger partial charge in [0, 0.05) is 37.1 Å². The SMILES string of the molecule is C=Cn1cc(CNCC(C)NC(=O)OC(C)(C)C)cn1. The number of alkyl carbamates (subject to hydrolysis) is 1. The Morgan fingerprint density at radius 3 is 2.85 bits per heavy atom. The van der Waals surface area contributed by atoms with Gasteiger partial charge in [0.25, 0.3) is 0 Å². The summed E-state index contributed by atoms with van der Waals surface area (Å²) in [4.78, 5) is 11.6. The van der Waals surface area contributed by atoms with E-state index >= 15 is 0 Å². The fourth-order valence-electron chi connectivity index (χ4n) is 1.56. The van der Waals surface area contributed by atoms with Crippen LogP contribution in [0.2, 0.25) is 0 Å². The molecule has 1 atom stereocenters. The van der Waals surface area contributed by atoms with Crippen LogP contribution in [-0.4, -0.2) is 34.1 Å². The first kappa shape index (κ1) is 16.2. The van der Waals surface area contributed by atoms with Crippen LogP contribution in [0, 0.1) is 0 Å². The maximum absolute atomic E-state index is 11.6. The Bertz CT molecular complexity index is 448. The molecule has 0 fully saturated rings. The topological polar surface area (TPSA) is 68.2 Å². The first-order valence-electron chi connectivity index (χ1n) is 6.66. The van der Waals surface area contributed by atoms with Gasteiger partial charge >= 0.3 is 6.09 Å². The monoisotopic (exact) mass is 280 g/mol. The van der Waals surface area contributed by atoms with Crippen molar-refractivity contribution in [3.05, 3.63) is 24.5 Å². The van der Waals surface area contributed by atoms with Gasteiger partial charge in [-0.05, 0) is 27.7 Å². The summed E-state index contributed by atoms with van der Waals surface area (Å²) >= 11 is 0. The minimum Gasteiger partial charge on any atom is -0.444 e. The number of nitrogens with one attached hydrogen (secondary N) is 2. The summed E-state index contributed by atoms with van der Waals surface area (Å²) < 4.78 is 6.84. The summed E-state index contributed by atoms with van der Waals surface area (Å²) in [7, 11) is 0. The van der Waals surface area contributed by atoms with E-state index in [1.807, 2.05) is 33.9 Å². The molecule has 0 radical (unpaired) electrons. The molecule has 1 amide bonds. The van der Waals surface area contributed by atoms with Gasteiger partial charge in [-0.2, -0.15) is 5.10 Å². The third kappa shape index (κ3) is 6.38. The Morgan fingerprint density at radius 1 is 1.60 bits per heavy atom. The number of hydrogen-bond donors (Lipinski definition) is 2. The summed E-state index contributed by atoms with van der Waals surface area (Å²) in [5, 5.41) is 10.1. The van der Waals surface area contributed by atoms with E-state index in [9.17, 15) is 4.79 Å². The summed E-state index contributed by atoms with van der Waals surface area (Å²) in [5.74, 6) is 0. The van der Waals surface area contributed by atoms with Gasteiger partial charge in [0.15, 0.2) is 0 Å². The number of carbonyl (C=O) groups excluding carboxylic acids is 1. The molecule has 1 unspecified atom stereocenters. The van der Waals surface area contributed by atoms with Crippen LogP contribution in [0.15, 0.2) is 19.0 Å². The van der Waals surface area contributed by atoms with Crippen molar-refractivity contribution in [3.63, 3.8) is 0 Å². The zero-order chi connectivity index (χ0) is 15.2. The maximum Gasteiger partial charge on any atom is 0.407 e. The van der Waals surface area contributed by atoms with Crippen molar-refractivity contribution < 1.29 is 9.53 Å². The molecule has 20 heavy (non-hydrogen) atoms. The Balaban J connectivity index is 2.24. The molecule has 1 aromatic heterocycles. The van der Waals surface area contributed by atoms with Crippen LogP contribution < -0.4 is 10.6 Å². The molecule has 0 bridgehead atoms. The van der Waals surface area contributed by atoms with Crippen LogP contribution in [0.5, 0.6) is 0 Å². The van der Waals surface area contributed by atoms with E-state index < -0.39 is 11.7 Å². The zero-order valence-corrected chi connectivity index (χ0v) is 12.6. The second-order valence-electron chi connectivity index (χ2n) is 5.69. The fourth-order valence-corrected chi connectivity index (χ4v) is 1.56. The second kappa shape index (κ2) is 7.09. The zero-order valence-electron chi connectivity index (χ0n) is 12.6. The van der Waals surface area contributed by atoms with Gasteiger partial charge in [-0.25, -0.2) is 9.48 Å². The van der Waals surface area contributed by atoms with Crippen LogP contribution >= 0.6 is 0 Å². The molecule has 1 aromatic rings. The largest absolute Gasteiger partial charge is 0.444 e. The molecule has 0 saturated carbocycles. The van der Waals surface area contributed by atoms with Gasteiger partial charge in [-0.15, -0.1) is 0 Å². The number of aromatic nitrogens is 2. The minimum absolute atomic E-state index is 0.0145. The smallest absolute Gasteiger partial charge is 0.407 e. The Hall–Kier alpha value is -1.82. The van der Waals surface area contributed by atoms with E-state index in [1.165, 1.54) is 0 Å². The average Bonchev–Trinajstić information content (AvgIpc) is 2.74. The normalized spacial score (nSPS) is 12.8. The number of nitrogens with zero attached hydrogens (tertiary/aromatic N) is 2. The highest BCUT2D eigenvalue weighted by atomic mass is 16.6. The van der Waals surface area contributed by atoms with E-state index in [1.54, 1.807) is 17.1 Å². The van der Waals surface area contributed by atoms with E-state index in [2.05, 4.69) is 22.3 Å². The van der Waals surface area contributed by atoms with Crippen molar-refractivity contribution in [3.8, 4) is 0 Å². The van der Waals surface area contributed by atoms with E-state index in [0.717, 1.165) is 5.56 Å². The van der Waals surface area contributed by atoms with Gasteiger partial charge in [0.05, 0.1) is 6.20 Å². The first-order valence-corrected chi connectivity index (χ1v) is 6.66. The highest BCUT2D eigenvalue weighted by Gasteiger charge is 2.17. The number of hydrogen-bond acceptors (Lipinski definition) is 4. The Morgan fingerprint density at radius 2 is 2.30 bits per heavy atom. The molecule has 0 aliphatic heterocycles. The van der Waals surface area contributed by atoms with Crippen LogP contribution in [0.4, 0.5) is 4.79 Å². The van der Waals surface area contributed by atoms with E-state index in [-0.39, 0.29) is 6.04 Å². The molecular weight excluding hydrogens is 256 g/mol. The van der Waals surface area contributed by atoms with Crippen LogP contribution in [0.3, 0.4) is 0 Å². The van der Waals surface area contributed by atoms with Gasteiger partial charge in [-0.3, -0.25) is 0 Å². The molecule has 0 aliphatic rings. The fraction of sp³-hybridized carbons (Fsp3) is 0.571. The lowest BCUT2D eigenvalue weighted by molar-refractivity contribution is 0.0508. The molecular formula is C14H24N4O2. The molecule has 2 N–H and O–H groups in total. The molecule has 112 valence electrons. The molecule has 1 rings (SSSR count). The summed E-state index contributed by atoms with van der Waals surface area (Å²) in [6.45, 7) is 12.4. The minimum atomic E-state index is -0.476. The average molecular weight is 280 g/mol. The van der Waals surface area contributed by atoms with Crippen LogP contribution in [0.25, 0.3) is 6.20 Å². The van der Waals surface area contributed by atoms with Gasteiger partial charge in [0.1, 0.15) is 5.60 Å². The molecule has 0 aliphatic carbocycles. The molecule has 6 heteroatoms. The highest BCUT2D eigenvalue weighted by Crippen LogP contribution is 2.06. The van der Waals surface area contributed by atoms with Crippen molar-refractivity contribution in [1.29, 1.82) is 0 Å². The summed E-state index contributed by atoms with van der Waals surface area (Å²) in [6, 6.07) is -0.0145. The predicted molar refractivity (Wildman–Crippen MR) is 79.2 cm³/mol. The summed E-state index contributed by atoms with van der Waals surface area (Å²) in [6.07, 6.45) is 4.91. The standard InChI is InChI=1S/C14H24N4O2/c1-6-18-10-12(9-16-18)8-15-7-11(2)17-13(19)20-14(3,4)5/h6,9-11,15H,1,7-8H2,2-5H3,(H,17,19). The third-order valence-electron chi connectivity index (χ3n) is 2.38. The molecule has 6 nitrogen and oxygen atoms in total. The first-order chi connectivity index (χ1) is 9.30. The third-order valence-corrected chi connectivity index (χ3v) is 2.38. The highest BCUT2D eigenvalue weighted by molar-refractivity contribution is 5.68. The number of ether oxygens (including phenoxy) is 1. The second-order valence-corrected chi connectivity index (χ2v) is 5.69. The van der Waals surface area contributed by atoms with Crippen LogP contribution in [0.1, 0.15) is 33.3 Å². The van der Waals surface area contributed by atoms with Gasteiger partial charge in [-0.1, -0.05) is 6.58 Å². The van der Waals surface area contributed by atoms with Gasteiger partial charge < -0.3 is 15.4 Å². The van der Waals surface area contributed by atoms with Crippen LogP contribution in [-0.2, 0) is 11.3 Å². The molecule has 0 spiro atoms. The van der Waals surface area contributed by atoms with E-state index in [0.29, 0.717) is 13.1 Å². The predicted octanol–water partition coefficient (Wildman–Crippen LogP) is 1.99. The molecule has 0 aromatic carbocycles. The summed E-state index contributed by atoms with van der Waals surface area (Å²) in [5.41, 5.74) is 0.589. The maximum atomic E-state index is 11.6. The van der Waals surface area contributed by atoms with E-state index in [4.69, 9.17) is 4.74 Å². The van der Waals surface area contributed by atoms with Crippen molar-refractivity contribution in [2.75, 3.05) is 6.54 Å². The lowest BCUT2D eigenvalue weighted by atomic mass is 10.2. The number of carbonyl (C=O) groups is 1. The lowest BCUT2D eigenvalue weighted by Crippen LogP contribution is -2.42. The number of rotatable bonds is 6. The Kier molecular flexibility index (Phi) is 5.76. The molecule has 0 saturated heterocycles. The molecule has 1 heterocycles.